The first-order valence-electron chi connectivity index (χ1n) is 7.79. The molecule has 0 spiro atoms. The molecular formula is C20H18N2O3. The molecule has 0 unspecified atom stereocenters. The summed E-state index contributed by atoms with van der Waals surface area (Å²) >= 11 is 0. The third-order valence-electron chi connectivity index (χ3n) is 3.95. The Balaban J connectivity index is 1.83. The van der Waals surface area contributed by atoms with Crippen LogP contribution in [-0.2, 0) is 0 Å². The van der Waals surface area contributed by atoms with Crippen LogP contribution in [0.4, 0.5) is 0 Å². The monoisotopic (exact) mass is 334 g/mol. The summed E-state index contributed by atoms with van der Waals surface area (Å²) < 4.78 is 5.05. The van der Waals surface area contributed by atoms with Gasteiger partial charge in [-0.1, -0.05) is 36.4 Å². The number of fused-ring (bicyclic) bond motifs is 1. The average molecular weight is 334 g/mol. The second-order valence-corrected chi connectivity index (χ2v) is 5.61. The SMILES string of the molecule is COc1cc(/C=N\NC(=O)c2c(C)ccc3ccccc23)ccc1O. The fourth-order valence-electron chi connectivity index (χ4n) is 2.68. The molecule has 3 aromatic rings. The number of benzene rings is 3. The van der Waals surface area contributed by atoms with E-state index in [0.717, 1.165) is 16.3 Å². The average Bonchev–Trinajstić information content (AvgIpc) is 2.62. The number of phenols is 1. The zero-order valence-electron chi connectivity index (χ0n) is 14.0. The Labute approximate surface area is 145 Å². The second kappa shape index (κ2) is 7.05. The van der Waals surface area contributed by atoms with Crippen molar-refractivity contribution in [3.63, 3.8) is 0 Å². The normalized spacial score (nSPS) is 11.0. The van der Waals surface area contributed by atoms with Gasteiger partial charge in [0.1, 0.15) is 0 Å². The van der Waals surface area contributed by atoms with Crippen LogP contribution >= 0.6 is 0 Å². The molecule has 0 aliphatic heterocycles. The Morgan fingerprint density at radius 2 is 1.96 bits per heavy atom. The first-order valence-corrected chi connectivity index (χ1v) is 7.79. The molecule has 5 nitrogen and oxygen atoms in total. The summed E-state index contributed by atoms with van der Waals surface area (Å²) in [6, 6.07) is 16.5. The summed E-state index contributed by atoms with van der Waals surface area (Å²) in [5, 5.41) is 15.5. The summed E-state index contributed by atoms with van der Waals surface area (Å²) in [6.45, 7) is 1.90. The van der Waals surface area contributed by atoms with Crippen molar-refractivity contribution in [2.45, 2.75) is 6.92 Å². The van der Waals surface area contributed by atoms with E-state index in [1.807, 2.05) is 43.3 Å². The molecule has 0 heterocycles. The minimum Gasteiger partial charge on any atom is -0.504 e. The van der Waals surface area contributed by atoms with Crippen LogP contribution in [0.2, 0.25) is 0 Å². The number of nitrogens with zero attached hydrogens (tertiary/aromatic N) is 1. The molecule has 0 aliphatic carbocycles. The van der Waals surface area contributed by atoms with Gasteiger partial charge >= 0.3 is 0 Å². The lowest BCUT2D eigenvalue weighted by molar-refractivity contribution is 0.0956. The van der Waals surface area contributed by atoms with E-state index in [1.165, 1.54) is 19.4 Å². The van der Waals surface area contributed by atoms with Crippen molar-refractivity contribution in [2.75, 3.05) is 7.11 Å². The van der Waals surface area contributed by atoms with E-state index in [0.29, 0.717) is 16.9 Å². The van der Waals surface area contributed by atoms with E-state index < -0.39 is 0 Å². The van der Waals surface area contributed by atoms with Gasteiger partial charge in [0.15, 0.2) is 11.5 Å². The number of hydrazone groups is 1. The first-order chi connectivity index (χ1) is 12.1. The van der Waals surface area contributed by atoms with E-state index in [4.69, 9.17) is 4.74 Å². The van der Waals surface area contributed by atoms with Gasteiger partial charge in [0.25, 0.3) is 5.91 Å². The lowest BCUT2D eigenvalue weighted by atomic mass is 9.99. The van der Waals surface area contributed by atoms with Crippen LogP contribution in [0, 0.1) is 6.92 Å². The number of methoxy groups -OCH3 is 1. The molecule has 1 amide bonds. The van der Waals surface area contributed by atoms with E-state index in [9.17, 15) is 9.90 Å². The van der Waals surface area contributed by atoms with E-state index in [-0.39, 0.29) is 11.7 Å². The van der Waals surface area contributed by atoms with Crippen LogP contribution < -0.4 is 10.2 Å². The highest BCUT2D eigenvalue weighted by Gasteiger charge is 2.12. The summed E-state index contributed by atoms with van der Waals surface area (Å²) in [5.41, 5.74) is 4.75. The zero-order valence-corrected chi connectivity index (χ0v) is 14.0. The quantitative estimate of drug-likeness (QED) is 0.565. The number of hydrogen-bond donors (Lipinski definition) is 2. The Morgan fingerprint density at radius 1 is 1.16 bits per heavy atom. The van der Waals surface area contributed by atoms with Crippen molar-refractivity contribution < 1.29 is 14.6 Å². The molecule has 0 saturated heterocycles. The molecule has 126 valence electrons. The van der Waals surface area contributed by atoms with Crippen molar-refractivity contribution in [3.05, 3.63) is 71.3 Å². The molecule has 3 rings (SSSR count). The molecule has 0 saturated carbocycles. The Bertz CT molecular complexity index is 964. The number of aromatic hydroxyl groups is 1. The summed E-state index contributed by atoms with van der Waals surface area (Å²) in [5.74, 6) is 0.131. The number of aryl methyl sites for hydroxylation is 1. The van der Waals surface area contributed by atoms with Gasteiger partial charge in [0.2, 0.25) is 0 Å². The Kier molecular flexibility index (Phi) is 4.66. The highest BCUT2D eigenvalue weighted by molar-refractivity contribution is 6.08. The standard InChI is InChI=1S/C20H18N2O3/c1-13-7-9-15-5-3-4-6-16(15)19(13)20(24)22-21-12-14-8-10-17(23)18(11-14)25-2/h3-12,23H,1-2H3,(H,22,24)/b21-12-. The number of ether oxygens (including phenoxy) is 1. The maximum absolute atomic E-state index is 12.6. The number of rotatable bonds is 4. The van der Waals surface area contributed by atoms with Gasteiger partial charge in [-0.15, -0.1) is 0 Å². The molecular weight excluding hydrogens is 316 g/mol. The number of hydrogen-bond acceptors (Lipinski definition) is 4. The van der Waals surface area contributed by atoms with Crippen molar-refractivity contribution in [1.82, 2.24) is 5.43 Å². The molecule has 2 N–H and O–H groups in total. The topological polar surface area (TPSA) is 70.9 Å². The van der Waals surface area contributed by atoms with Crippen molar-refractivity contribution in [2.24, 2.45) is 5.10 Å². The number of phenolic OH excluding ortho intramolecular Hbond substituents is 1. The number of carbonyl (C=O) groups excluding carboxylic acids is 1. The van der Waals surface area contributed by atoms with Crippen LogP contribution in [-0.4, -0.2) is 24.3 Å². The molecule has 3 aromatic carbocycles. The van der Waals surface area contributed by atoms with Gasteiger partial charge < -0.3 is 9.84 Å². The maximum atomic E-state index is 12.6. The fraction of sp³-hybridized carbons (Fsp3) is 0.100. The summed E-state index contributed by atoms with van der Waals surface area (Å²) in [7, 11) is 1.47. The lowest BCUT2D eigenvalue weighted by Gasteiger charge is -2.08. The maximum Gasteiger partial charge on any atom is 0.272 e. The largest absolute Gasteiger partial charge is 0.504 e. The van der Waals surface area contributed by atoms with Gasteiger partial charge in [-0.2, -0.15) is 5.10 Å². The lowest BCUT2D eigenvalue weighted by Crippen LogP contribution is -2.19. The Morgan fingerprint density at radius 3 is 2.76 bits per heavy atom. The van der Waals surface area contributed by atoms with Gasteiger partial charge in [0.05, 0.1) is 18.9 Å². The summed E-state index contributed by atoms with van der Waals surface area (Å²) in [6.07, 6.45) is 1.50. The summed E-state index contributed by atoms with van der Waals surface area (Å²) in [4.78, 5) is 12.6. The second-order valence-electron chi connectivity index (χ2n) is 5.61. The van der Waals surface area contributed by atoms with Gasteiger partial charge in [-0.25, -0.2) is 5.43 Å². The van der Waals surface area contributed by atoms with Crippen LogP contribution in [0.25, 0.3) is 10.8 Å². The van der Waals surface area contributed by atoms with Crippen LogP contribution in [0.1, 0.15) is 21.5 Å². The molecule has 0 aliphatic rings. The fourth-order valence-corrected chi connectivity index (χ4v) is 2.68. The molecule has 0 radical (unpaired) electrons. The third-order valence-corrected chi connectivity index (χ3v) is 3.95. The number of carbonyl (C=O) groups is 1. The molecule has 5 heteroatoms. The predicted octanol–water partition coefficient (Wildman–Crippen LogP) is 3.63. The Hall–Kier alpha value is -3.34. The van der Waals surface area contributed by atoms with Gasteiger partial charge in [-0.3, -0.25) is 4.79 Å². The van der Waals surface area contributed by atoms with E-state index in [2.05, 4.69) is 10.5 Å². The molecule has 0 aromatic heterocycles. The minimum atomic E-state index is -0.267. The molecule has 0 atom stereocenters. The zero-order chi connectivity index (χ0) is 17.8. The van der Waals surface area contributed by atoms with Gasteiger partial charge in [-0.05, 0) is 47.0 Å². The van der Waals surface area contributed by atoms with Gasteiger partial charge in [0, 0.05) is 0 Å². The van der Waals surface area contributed by atoms with E-state index >= 15 is 0 Å². The first kappa shape index (κ1) is 16.5. The number of nitrogens with one attached hydrogen (secondary N) is 1. The van der Waals surface area contributed by atoms with Crippen molar-refractivity contribution >= 4 is 22.9 Å². The highest BCUT2D eigenvalue weighted by atomic mass is 16.5. The smallest absolute Gasteiger partial charge is 0.272 e. The predicted molar refractivity (Wildman–Crippen MR) is 98.4 cm³/mol. The van der Waals surface area contributed by atoms with Crippen molar-refractivity contribution in [1.29, 1.82) is 0 Å². The number of amides is 1. The molecule has 0 fully saturated rings. The molecule has 25 heavy (non-hydrogen) atoms. The molecule has 0 bridgehead atoms. The van der Waals surface area contributed by atoms with Crippen molar-refractivity contribution in [3.8, 4) is 11.5 Å². The van der Waals surface area contributed by atoms with Crippen LogP contribution in [0.5, 0.6) is 11.5 Å². The van der Waals surface area contributed by atoms with E-state index in [1.54, 1.807) is 12.1 Å². The minimum absolute atomic E-state index is 0.0510. The highest BCUT2D eigenvalue weighted by Crippen LogP contribution is 2.25. The third kappa shape index (κ3) is 3.45. The van der Waals surface area contributed by atoms with Crippen LogP contribution in [0.3, 0.4) is 0 Å². The van der Waals surface area contributed by atoms with Crippen LogP contribution in [0.15, 0.2) is 59.7 Å².